The molecule has 1 aromatic rings. The largest absolute Gasteiger partial charge is 0.389 e. The van der Waals surface area contributed by atoms with Crippen LogP contribution in [0.3, 0.4) is 0 Å². The molecule has 0 bridgehead atoms. The molecule has 0 amide bonds. The van der Waals surface area contributed by atoms with E-state index in [0.717, 1.165) is 0 Å². The van der Waals surface area contributed by atoms with Gasteiger partial charge in [-0.1, -0.05) is 11.2 Å². The Balaban J connectivity index is 3.04. The molecule has 86 valence electrons. The van der Waals surface area contributed by atoms with E-state index in [0.29, 0.717) is 5.56 Å². The summed E-state index contributed by atoms with van der Waals surface area (Å²) >= 11 is 0. The number of aliphatic hydroxyl groups is 1. The standard InChI is InChI=1S/C10H14N4O2/c1-10(2,16)7-14-5-3-4-8(9(14)15)6-12-13-11/h3-5,16H,6-7H2,1-2H3. The molecule has 1 N–H and O–H groups in total. The smallest absolute Gasteiger partial charge is 0.253 e. The van der Waals surface area contributed by atoms with Crippen molar-refractivity contribution in [1.82, 2.24) is 4.57 Å². The van der Waals surface area contributed by atoms with Crippen molar-refractivity contribution in [3.63, 3.8) is 0 Å². The van der Waals surface area contributed by atoms with Crippen molar-refractivity contribution in [1.29, 1.82) is 0 Å². The van der Waals surface area contributed by atoms with Crippen LogP contribution >= 0.6 is 0 Å². The summed E-state index contributed by atoms with van der Waals surface area (Å²) < 4.78 is 1.40. The SMILES string of the molecule is CC(C)(O)Cn1cccc(CN=[N+]=[N-])c1=O. The van der Waals surface area contributed by atoms with Crippen LogP contribution in [0.25, 0.3) is 10.4 Å². The molecular formula is C10H14N4O2. The molecular weight excluding hydrogens is 208 g/mol. The molecule has 6 nitrogen and oxygen atoms in total. The summed E-state index contributed by atoms with van der Waals surface area (Å²) in [7, 11) is 0. The van der Waals surface area contributed by atoms with Gasteiger partial charge in [0.25, 0.3) is 5.56 Å². The number of nitrogens with zero attached hydrogens (tertiary/aromatic N) is 4. The van der Waals surface area contributed by atoms with Gasteiger partial charge in [0.1, 0.15) is 0 Å². The van der Waals surface area contributed by atoms with Gasteiger partial charge in [0.15, 0.2) is 0 Å². The summed E-state index contributed by atoms with van der Waals surface area (Å²) in [4.78, 5) is 14.4. The van der Waals surface area contributed by atoms with Crippen LogP contribution in [-0.2, 0) is 13.1 Å². The average Bonchev–Trinajstić information content (AvgIpc) is 2.17. The van der Waals surface area contributed by atoms with Gasteiger partial charge in [0, 0.05) is 16.7 Å². The molecule has 0 unspecified atom stereocenters. The summed E-state index contributed by atoms with van der Waals surface area (Å²) in [5, 5.41) is 13.0. The van der Waals surface area contributed by atoms with E-state index in [1.807, 2.05) is 0 Å². The van der Waals surface area contributed by atoms with Crippen LogP contribution in [0.5, 0.6) is 0 Å². The first-order valence-electron chi connectivity index (χ1n) is 4.85. The van der Waals surface area contributed by atoms with Crippen molar-refractivity contribution in [2.75, 3.05) is 0 Å². The third-order valence-electron chi connectivity index (χ3n) is 1.96. The van der Waals surface area contributed by atoms with Gasteiger partial charge in [0.2, 0.25) is 0 Å². The third-order valence-corrected chi connectivity index (χ3v) is 1.96. The van der Waals surface area contributed by atoms with Crippen molar-refractivity contribution >= 4 is 0 Å². The van der Waals surface area contributed by atoms with Crippen LogP contribution in [-0.4, -0.2) is 15.3 Å². The fourth-order valence-electron chi connectivity index (χ4n) is 1.36. The molecule has 0 aliphatic rings. The van der Waals surface area contributed by atoms with E-state index in [9.17, 15) is 9.90 Å². The van der Waals surface area contributed by atoms with Gasteiger partial charge >= 0.3 is 0 Å². The van der Waals surface area contributed by atoms with E-state index in [2.05, 4.69) is 10.0 Å². The number of pyridine rings is 1. The summed E-state index contributed by atoms with van der Waals surface area (Å²) in [6, 6.07) is 3.30. The third kappa shape index (κ3) is 3.42. The highest BCUT2D eigenvalue weighted by Gasteiger charge is 2.14. The van der Waals surface area contributed by atoms with Gasteiger partial charge in [-0.15, -0.1) is 0 Å². The second-order valence-corrected chi connectivity index (χ2v) is 4.17. The molecule has 1 aromatic heterocycles. The Morgan fingerprint density at radius 1 is 1.62 bits per heavy atom. The van der Waals surface area contributed by atoms with Crippen molar-refractivity contribution in [2.45, 2.75) is 32.5 Å². The van der Waals surface area contributed by atoms with Crippen LogP contribution in [0.4, 0.5) is 0 Å². The zero-order chi connectivity index (χ0) is 12.2. The number of hydrogen-bond acceptors (Lipinski definition) is 3. The predicted molar refractivity (Wildman–Crippen MR) is 59.8 cm³/mol. The van der Waals surface area contributed by atoms with Gasteiger partial charge in [-0.25, -0.2) is 0 Å². The number of aromatic nitrogens is 1. The second-order valence-electron chi connectivity index (χ2n) is 4.17. The van der Waals surface area contributed by atoms with E-state index in [4.69, 9.17) is 5.53 Å². The Morgan fingerprint density at radius 3 is 2.88 bits per heavy atom. The van der Waals surface area contributed by atoms with Crippen LogP contribution < -0.4 is 5.56 Å². The average molecular weight is 222 g/mol. The maximum atomic E-state index is 11.8. The Labute approximate surface area is 92.8 Å². The predicted octanol–water partition coefficient (Wildman–Crippen LogP) is 1.43. The minimum absolute atomic E-state index is 0.0298. The van der Waals surface area contributed by atoms with Crippen LogP contribution in [0.1, 0.15) is 19.4 Å². The number of hydrogen-bond donors (Lipinski definition) is 1. The number of rotatable bonds is 4. The Bertz CT molecular complexity index is 466. The van der Waals surface area contributed by atoms with Gasteiger partial charge in [-0.2, -0.15) is 0 Å². The maximum Gasteiger partial charge on any atom is 0.253 e. The van der Waals surface area contributed by atoms with E-state index in [1.54, 1.807) is 32.2 Å². The minimum Gasteiger partial charge on any atom is -0.389 e. The quantitative estimate of drug-likeness (QED) is 0.474. The summed E-state index contributed by atoms with van der Waals surface area (Å²) in [6.45, 7) is 3.48. The number of azide groups is 1. The fraction of sp³-hybridized carbons (Fsp3) is 0.500. The van der Waals surface area contributed by atoms with Crippen molar-refractivity contribution < 1.29 is 5.11 Å². The van der Waals surface area contributed by atoms with E-state index in [-0.39, 0.29) is 18.6 Å². The van der Waals surface area contributed by atoms with Gasteiger partial charge in [-0.3, -0.25) is 4.79 Å². The molecule has 0 radical (unpaired) electrons. The monoisotopic (exact) mass is 222 g/mol. The van der Waals surface area contributed by atoms with E-state index < -0.39 is 5.60 Å². The molecule has 0 aliphatic heterocycles. The second kappa shape index (κ2) is 4.83. The minimum atomic E-state index is -0.957. The molecule has 0 saturated heterocycles. The molecule has 0 aromatic carbocycles. The molecule has 0 spiro atoms. The van der Waals surface area contributed by atoms with Crippen molar-refractivity contribution in [2.24, 2.45) is 5.11 Å². The molecule has 0 saturated carbocycles. The normalized spacial score (nSPS) is 10.9. The molecule has 0 aliphatic carbocycles. The Hall–Kier alpha value is -1.78. The molecule has 16 heavy (non-hydrogen) atoms. The van der Waals surface area contributed by atoms with E-state index >= 15 is 0 Å². The Kier molecular flexibility index (Phi) is 3.71. The molecule has 1 rings (SSSR count). The highest BCUT2D eigenvalue weighted by molar-refractivity contribution is 5.10. The molecule has 0 fully saturated rings. The topological polar surface area (TPSA) is 91.0 Å². The lowest BCUT2D eigenvalue weighted by molar-refractivity contribution is 0.0604. The highest BCUT2D eigenvalue weighted by Crippen LogP contribution is 2.04. The maximum absolute atomic E-state index is 11.8. The molecule has 0 atom stereocenters. The van der Waals surface area contributed by atoms with Gasteiger partial charge < -0.3 is 9.67 Å². The molecule has 6 heteroatoms. The lowest BCUT2D eigenvalue weighted by Crippen LogP contribution is -2.33. The van der Waals surface area contributed by atoms with E-state index in [1.165, 1.54) is 4.57 Å². The van der Waals surface area contributed by atoms with Gasteiger partial charge in [-0.05, 0) is 25.4 Å². The lowest BCUT2D eigenvalue weighted by Gasteiger charge is -2.18. The molecule has 1 heterocycles. The summed E-state index contributed by atoms with van der Waals surface area (Å²) in [5.41, 5.74) is 7.41. The van der Waals surface area contributed by atoms with Crippen molar-refractivity contribution in [3.8, 4) is 0 Å². The van der Waals surface area contributed by atoms with Gasteiger partial charge in [0.05, 0.1) is 18.7 Å². The zero-order valence-corrected chi connectivity index (χ0v) is 9.29. The summed E-state index contributed by atoms with van der Waals surface area (Å²) in [6.07, 6.45) is 1.60. The lowest BCUT2D eigenvalue weighted by atomic mass is 10.1. The van der Waals surface area contributed by atoms with Crippen molar-refractivity contribution in [3.05, 3.63) is 44.7 Å². The Morgan fingerprint density at radius 2 is 2.31 bits per heavy atom. The highest BCUT2D eigenvalue weighted by atomic mass is 16.3. The first kappa shape index (κ1) is 12.3. The van der Waals surface area contributed by atoms with Crippen LogP contribution in [0.2, 0.25) is 0 Å². The zero-order valence-electron chi connectivity index (χ0n) is 9.29. The van der Waals surface area contributed by atoms with Crippen LogP contribution in [0.15, 0.2) is 28.2 Å². The first-order chi connectivity index (χ1) is 7.44. The summed E-state index contributed by atoms with van der Waals surface area (Å²) in [5.74, 6) is 0. The van der Waals surface area contributed by atoms with Crippen LogP contribution in [0, 0.1) is 0 Å². The first-order valence-corrected chi connectivity index (χ1v) is 4.85. The fourth-order valence-corrected chi connectivity index (χ4v) is 1.36.